The number of carbonyl (C=O) groups excluding carboxylic acids is 2. The van der Waals surface area contributed by atoms with Gasteiger partial charge in [-0.3, -0.25) is 4.79 Å². The summed E-state index contributed by atoms with van der Waals surface area (Å²) in [6, 6.07) is 3.17. The Labute approximate surface area is 102 Å². The van der Waals surface area contributed by atoms with Crippen LogP contribution in [0.1, 0.15) is 26.3 Å². The van der Waals surface area contributed by atoms with E-state index in [1.807, 2.05) is 6.92 Å². The molecule has 0 saturated carbocycles. The molecule has 86 valence electrons. The standard InChI is InChI=1S/C11H12BrNO3/c1-6-4-7(11(15)16-3)5-8(9(6)12)10(14)13-2/h4-5H,1-3H3,(H,13,14). The SMILES string of the molecule is CNC(=O)c1cc(C(=O)OC)cc(C)c1Br. The molecule has 0 aromatic heterocycles. The van der Waals surface area contributed by atoms with Gasteiger partial charge < -0.3 is 10.1 Å². The van der Waals surface area contributed by atoms with Gasteiger partial charge in [0.25, 0.3) is 5.91 Å². The number of carbonyl (C=O) groups is 2. The molecule has 1 aromatic carbocycles. The van der Waals surface area contributed by atoms with Crippen LogP contribution in [0.2, 0.25) is 0 Å². The van der Waals surface area contributed by atoms with Gasteiger partial charge in [0.05, 0.1) is 18.2 Å². The zero-order valence-electron chi connectivity index (χ0n) is 9.26. The molecule has 0 heterocycles. The first-order valence-electron chi connectivity index (χ1n) is 4.61. The molecule has 1 rings (SSSR count). The lowest BCUT2D eigenvalue weighted by molar-refractivity contribution is 0.0600. The Kier molecular flexibility index (Phi) is 4.06. The van der Waals surface area contributed by atoms with Crippen molar-refractivity contribution < 1.29 is 14.3 Å². The Morgan fingerprint density at radius 1 is 1.38 bits per heavy atom. The summed E-state index contributed by atoms with van der Waals surface area (Å²) < 4.78 is 5.29. The Balaban J connectivity index is 3.33. The number of amides is 1. The minimum atomic E-state index is -0.458. The molecule has 0 aliphatic carbocycles. The molecule has 5 heteroatoms. The summed E-state index contributed by atoms with van der Waals surface area (Å²) in [5.74, 6) is -0.707. The average Bonchev–Trinajstić information content (AvgIpc) is 2.30. The molecule has 0 aliphatic rings. The zero-order valence-corrected chi connectivity index (χ0v) is 10.8. The molecule has 4 nitrogen and oxygen atoms in total. The van der Waals surface area contributed by atoms with Crippen molar-refractivity contribution in [2.45, 2.75) is 6.92 Å². The smallest absolute Gasteiger partial charge is 0.337 e. The highest BCUT2D eigenvalue weighted by Gasteiger charge is 2.15. The van der Waals surface area contributed by atoms with Crippen LogP contribution in [-0.2, 0) is 4.74 Å². The van der Waals surface area contributed by atoms with Gasteiger partial charge in [-0.25, -0.2) is 4.79 Å². The van der Waals surface area contributed by atoms with Gasteiger partial charge in [-0.15, -0.1) is 0 Å². The number of nitrogens with one attached hydrogen (secondary N) is 1. The first-order valence-corrected chi connectivity index (χ1v) is 5.41. The molecule has 0 bridgehead atoms. The molecule has 0 atom stereocenters. The van der Waals surface area contributed by atoms with E-state index in [0.29, 0.717) is 15.6 Å². The van der Waals surface area contributed by atoms with E-state index in [0.717, 1.165) is 5.56 Å². The van der Waals surface area contributed by atoms with Crippen molar-refractivity contribution in [3.05, 3.63) is 33.3 Å². The van der Waals surface area contributed by atoms with E-state index in [2.05, 4.69) is 26.0 Å². The van der Waals surface area contributed by atoms with E-state index in [1.54, 1.807) is 6.07 Å². The fourth-order valence-electron chi connectivity index (χ4n) is 1.31. The summed E-state index contributed by atoms with van der Waals surface area (Å²) in [6.45, 7) is 1.81. The van der Waals surface area contributed by atoms with Crippen LogP contribution in [0, 0.1) is 6.92 Å². The Bertz CT molecular complexity index is 443. The van der Waals surface area contributed by atoms with E-state index in [4.69, 9.17) is 0 Å². The molecular formula is C11H12BrNO3. The van der Waals surface area contributed by atoms with Gasteiger partial charge in [0.2, 0.25) is 0 Å². The Morgan fingerprint density at radius 3 is 2.50 bits per heavy atom. The van der Waals surface area contributed by atoms with E-state index in [9.17, 15) is 9.59 Å². The number of hydrogen-bond donors (Lipinski definition) is 1. The van der Waals surface area contributed by atoms with Crippen molar-refractivity contribution in [1.82, 2.24) is 5.32 Å². The van der Waals surface area contributed by atoms with Crippen molar-refractivity contribution in [2.75, 3.05) is 14.2 Å². The number of rotatable bonds is 2. The highest BCUT2D eigenvalue weighted by atomic mass is 79.9. The first-order chi connectivity index (χ1) is 7.51. The number of hydrogen-bond acceptors (Lipinski definition) is 3. The van der Waals surface area contributed by atoms with E-state index in [1.165, 1.54) is 20.2 Å². The van der Waals surface area contributed by atoms with Gasteiger partial charge in [0, 0.05) is 11.5 Å². The lowest BCUT2D eigenvalue weighted by Crippen LogP contribution is -2.19. The number of aryl methyl sites for hydroxylation is 1. The zero-order chi connectivity index (χ0) is 12.3. The third-order valence-electron chi connectivity index (χ3n) is 2.15. The molecule has 0 saturated heterocycles. The lowest BCUT2D eigenvalue weighted by atomic mass is 10.1. The summed E-state index contributed by atoms with van der Waals surface area (Å²) in [5, 5.41) is 2.51. The summed E-state index contributed by atoms with van der Waals surface area (Å²) in [7, 11) is 2.84. The maximum absolute atomic E-state index is 11.6. The number of esters is 1. The molecular weight excluding hydrogens is 274 g/mol. The second-order valence-corrected chi connectivity index (χ2v) is 4.02. The van der Waals surface area contributed by atoms with Gasteiger partial charge >= 0.3 is 5.97 Å². The fourth-order valence-corrected chi connectivity index (χ4v) is 1.71. The molecule has 0 fully saturated rings. The van der Waals surface area contributed by atoms with Crippen molar-refractivity contribution in [3.63, 3.8) is 0 Å². The van der Waals surface area contributed by atoms with Gasteiger partial charge in [-0.05, 0) is 40.5 Å². The minimum Gasteiger partial charge on any atom is -0.465 e. The summed E-state index contributed by atoms with van der Waals surface area (Å²) in [6.07, 6.45) is 0. The van der Waals surface area contributed by atoms with Gasteiger partial charge in [0.1, 0.15) is 0 Å². The Morgan fingerprint density at radius 2 is 2.00 bits per heavy atom. The number of halogens is 1. The van der Waals surface area contributed by atoms with Crippen molar-refractivity contribution in [2.24, 2.45) is 0 Å². The van der Waals surface area contributed by atoms with Crippen LogP contribution in [0.15, 0.2) is 16.6 Å². The van der Waals surface area contributed by atoms with Crippen LogP contribution < -0.4 is 5.32 Å². The van der Waals surface area contributed by atoms with E-state index < -0.39 is 5.97 Å². The molecule has 1 aromatic rings. The van der Waals surface area contributed by atoms with Gasteiger partial charge in [-0.1, -0.05) is 0 Å². The Hall–Kier alpha value is -1.36. The average molecular weight is 286 g/mol. The molecule has 0 unspecified atom stereocenters. The number of ether oxygens (including phenoxy) is 1. The highest BCUT2D eigenvalue weighted by Crippen LogP contribution is 2.23. The van der Waals surface area contributed by atoms with Crippen LogP contribution in [0.25, 0.3) is 0 Å². The molecule has 1 N–H and O–H groups in total. The molecule has 0 radical (unpaired) electrons. The summed E-state index contributed by atoms with van der Waals surface area (Å²) in [5.41, 5.74) is 1.59. The van der Waals surface area contributed by atoms with Crippen molar-refractivity contribution >= 4 is 27.8 Å². The third-order valence-corrected chi connectivity index (χ3v) is 3.20. The fraction of sp³-hybridized carbons (Fsp3) is 0.273. The number of benzene rings is 1. The predicted molar refractivity (Wildman–Crippen MR) is 63.6 cm³/mol. The lowest BCUT2D eigenvalue weighted by Gasteiger charge is -2.08. The van der Waals surface area contributed by atoms with Gasteiger partial charge in [-0.2, -0.15) is 0 Å². The highest BCUT2D eigenvalue weighted by molar-refractivity contribution is 9.10. The van der Waals surface area contributed by atoms with Gasteiger partial charge in [0.15, 0.2) is 0 Å². The minimum absolute atomic E-state index is 0.249. The molecule has 16 heavy (non-hydrogen) atoms. The largest absolute Gasteiger partial charge is 0.465 e. The quantitative estimate of drug-likeness (QED) is 0.845. The van der Waals surface area contributed by atoms with Crippen LogP contribution in [0.3, 0.4) is 0 Å². The summed E-state index contributed by atoms with van der Waals surface area (Å²) in [4.78, 5) is 22.9. The van der Waals surface area contributed by atoms with E-state index in [-0.39, 0.29) is 5.91 Å². The van der Waals surface area contributed by atoms with Crippen molar-refractivity contribution in [3.8, 4) is 0 Å². The van der Waals surface area contributed by atoms with Crippen LogP contribution in [0.4, 0.5) is 0 Å². The molecule has 0 spiro atoms. The molecule has 0 aliphatic heterocycles. The third kappa shape index (κ3) is 2.41. The molecule has 1 amide bonds. The maximum atomic E-state index is 11.6. The van der Waals surface area contributed by atoms with Crippen LogP contribution >= 0.6 is 15.9 Å². The second kappa shape index (κ2) is 5.12. The maximum Gasteiger partial charge on any atom is 0.337 e. The van der Waals surface area contributed by atoms with Crippen LogP contribution in [0.5, 0.6) is 0 Å². The monoisotopic (exact) mass is 285 g/mol. The van der Waals surface area contributed by atoms with Crippen molar-refractivity contribution in [1.29, 1.82) is 0 Å². The van der Waals surface area contributed by atoms with Crippen LogP contribution in [-0.4, -0.2) is 26.0 Å². The topological polar surface area (TPSA) is 55.4 Å². The normalized spacial score (nSPS) is 9.75. The first kappa shape index (κ1) is 12.7. The number of methoxy groups -OCH3 is 1. The second-order valence-electron chi connectivity index (χ2n) is 3.23. The van der Waals surface area contributed by atoms with E-state index >= 15 is 0 Å². The predicted octanol–water partition coefficient (Wildman–Crippen LogP) is 1.90. The summed E-state index contributed by atoms with van der Waals surface area (Å²) >= 11 is 3.31.